The standard InChI is InChI=1S/C7H6BrFS/c1-4-5(8)2-3-6(10)7(4)9/h2-3,10H,1H3. The third-order valence-electron chi connectivity index (χ3n) is 1.30. The van der Waals surface area contributed by atoms with Crippen molar-refractivity contribution in [3.8, 4) is 0 Å². The fourth-order valence-corrected chi connectivity index (χ4v) is 1.20. The first-order chi connectivity index (χ1) is 4.63. The van der Waals surface area contributed by atoms with Crippen molar-refractivity contribution in [2.45, 2.75) is 11.8 Å². The molecule has 54 valence electrons. The molecular formula is C7H6BrFS. The number of benzene rings is 1. The van der Waals surface area contributed by atoms with Crippen molar-refractivity contribution in [2.75, 3.05) is 0 Å². The molecular weight excluding hydrogens is 215 g/mol. The van der Waals surface area contributed by atoms with Crippen LogP contribution in [-0.4, -0.2) is 0 Å². The second kappa shape index (κ2) is 2.93. The highest BCUT2D eigenvalue weighted by Gasteiger charge is 2.03. The van der Waals surface area contributed by atoms with E-state index in [4.69, 9.17) is 0 Å². The van der Waals surface area contributed by atoms with E-state index in [1.165, 1.54) is 0 Å². The average molecular weight is 221 g/mol. The van der Waals surface area contributed by atoms with Gasteiger partial charge in [-0.2, -0.15) is 0 Å². The van der Waals surface area contributed by atoms with Crippen LogP contribution in [0, 0.1) is 12.7 Å². The maximum atomic E-state index is 12.9. The minimum Gasteiger partial charge on any atom is -0.205 e. The molecule has 0 aliphatic rings. The van der Waals surface area contributed by atoms with E-state index >= 15 is 0 Å². The maximum Gasteiger partial charge on any atom is 0.140 e. The Morgan fingerprint density at radius 2 is 2.10 bits per heavy atom. The third kappa shape index (κ3) is 1.35. The van der Waals surface area contributed by atoms with E-state index in [1.54, 1.807) is 19.1 Å². The molecule has 0 aliphatic heterocycles. The van der Waals surface area contributed by atoms with Crippen LogP contribution < -0.4 is 0 Å². The molecule has 10 heavy (non-hydrogen) atoms. The van der Waals surface area contributed by atoms with Crippen LogP contribution in [0.4, 0.5) is 4.39 Å². The van der Waals surface area contributed by atoms with Crippen molar-refractivity contribution in [3.63, 3.8) is 0 Å². The zero-order valence-electron chi connectivity index (χ0n) is 5.36. The molecule has 0 nitrogen and oxygen atoms in total. The molecule has 0 atom stereocenters. The highest BCUT2D eigenvalue weighted by atomic mass is 79.9. The van der Waals surface area contributed by atoms with Crippen LogP contribution in [0.15, 0.2) is 21.5 Å². The van der Waals surface area contributed by atoms with Gasteiger partial charge >= 0.3 is 0 Å². The summed E-state index contributed by atoms with van der Waals surface area (Å²) in [4.78, 5) is 0.390. The quantitative estimate of drug-likeness (QED) is 0.639. The van der Waals surface area contributed by atoms with Gasteiger partial charge in [-0.3, -0.25) is 0 Å². The molecule has 0 fully saturated rings. The molecule has 0 saturated carbocycles. The van der Waals surface area contributed by atoms with Crippen molar-refractivity contribution in [3.05, 3.63) is 28.0 Å². The van der Waals surface area contributed by atoms with Gasteiger partial charge in [-0.1, -0.05) is 15.9 Å². The lowest BCUT2D eigenvalue weighted by atomic mass is 10.2. The Bertz CT molecular complexity index is 233. The summed E-state index contributed by atoms with van der Waals surface area (Å²) in [5.41, 5.74) is 0.604. The van der Waals surface area contributed by atoms with E-state index in [9.17, 15) is 4.39 Å². The topological polar surface area (TPSA) is 0 Å². The van der Waals surface area contributed by atoms with Crippen LogP contribution in [0.25, 0.3) is 0 Å². The van der Waals surface area contributed by atoms with Gasteiger partial charge in [0.05, 0.1) is 0 Å². The fourth-order valence-electron chi connectivity index (χ4n) is 0.647. The predicted octanol–water partition coefficient (Wildman–Crippen LogP) is 3.19. The predicted molar refractivity (Wildman–Crippen MR) is 46.1 cm³/mol. The second-order valence-electron chi connectivity index (χ2n) is 2.01. The van der Waals surface area contributed by atoms with E-state index < -0.39 is 0 Å². The minimum atomic E-state index is -0.252. The zero-order valence-corrected chi connectivity index (χ0v) is 7.84. The van der Waals surface area contributed by atoms with Gasteiger partial charge in [0.1, 0.15) is 5.82 Å². The summed E-state index contributed by atoms with van der Waals surface area (Å²) in [7, 11) is 0. The molecule has 1 aromatic carbocycles. The van der Waals surface area contributed by atoms with Gasteiger partial charge in [-0.25, -0.2) is 4.39 Å². The van der Waals surface area contributed by atoms with Gasteiger partial charge in [-0.05, 0) is 19.1 Å². The monoisotopic (exact) mass is 220 g/mol. The highest BCUT2D eigenvalue weighted by Crippen LogP contribution is 2.23. The minimum absolute atomic E-state index is 0.252. The molecule has 3 heteroatoms. The van der Waals surface area contributed by atoms with E-state index in [1.807, 2.05) is 0 Å². The number of halogens is 2. The summed E-state index contributed by atoms with van der Waals surface area (Å²) in [6.07, 6.45) is 0. The van der Waals surface area contributed by atoms with Crippen LogP contribution in [0.3, 0.4) is 0 Å². The molecule has 0 saturated heterocycles. The number of hydrogen-bond donors (Lipinski definition) is 1. The zero-order chi connectivity index (χ0) is 7.72. The first-order valence-corrected chi connectivity index (χ1v) is 4.00. The number of rotatable bonds is 0. The lowest BCUT2D eigenvalue weighted by molar-refractivity contribution is 0.592. The normalized spacial score (nSPS) is 10.0. The molecule has 1 aromatic rings. The van der Waals surface area contributed by atoms with Gasteiger partial charge in [0.2, 0.25) is 0 Å². The Labute approximate surface area is 73.0 Å². The summed E-state index contributed by atoms with van der Waals surface area (Å²) in [6.45, 7) is 1.71. The maximum absolute atomic E-state index is 12.9. The van der Waals surface area contributed by atoms with Crippen LogP contribution in [0.1, 0.15) is 5.56 Å². The smallest absolute Gasteiger partial charge is 0.140 e. The lowest BCUT2D eigenvalue weighted by Gasteiger charge is -2.00. The molecule has 0 unspecified atom stereocenters. The first-order valence-electron chi connectivity index (χ1n) is 2.76. The fraction of sp³-hybridized carbons (Fsp3) is 0.143. The third-order valence-corrected chi connectivity index (χ3v) is 2.50. The molecule has 0 spiro atoms. The lowest BCUT2D eigenvalue weighted by Crippen LogP contribution is -1.84. The molecule has 0 amide bonds. The first kappa shape index (κ1) is 8.08. The van der Waals surface area contributed by atoms with E-state index in [0.717, 1.165) is 4.47 Å². The van der Waals surface area contributed by atoms with Gasteiger partial charge in [0, 0.05) is 14.9 Å². The summed E-state index contributed by atoms with van der Waals surface area (Å²) >= 11 is 7.13. The molecule has 0 heterocycles. The van der Waals surface area contributed by atoms with E-state index in [-0.39, 0.29) is 5.82 Å². The Balaban J connectivity index is 3.34. The molecule has 0 aromatic heterocycles. The van der Waals surface area contributed by atoms with Gasteiger partial charge in [-0.15, -0.1) is 12.6 Å². The van der Waals surface area contributed by atoms with Gasteiger partial charge < -0.3 is 0 Å². The molecule has 0 aliphatic carbocycles. The van der Waals surface area contributed by atoms with Crippen molar-refractivity contribution in [2.24, 2.45) is 0 Å². The SMILES string of the molecule is Cc1c(Br)ccc(S)c1F. The van der Waals surface area contributed by atoms with Gasteiger partial charge in [0.15, 0.2) is 0 Å². The Morgan fingerprint density at radius 1 is 1.50 bits per heavy atom. The molecule has 0 N–H and O–H groups in total. The average Bonchev–Trinajstić information content (AvgIpc) is 1.93. The van der Waals surface area contributed by atoms with Crippen molar-refractivity contribution < 1.29 is 4.39 Å². The van der Waals surface area contributed by atoms with Crippen LogP contribution in [-0.2, 0) is 0 Å². The highest BCUT2D eigenvalue weighted by molar-refractivity contribution is 9.10. The summed E-state index contributed by atoms with van der Waals surface area (Å²) in [5.74, 6) is -0.252. The number of thiol groups is 1. The van der Waals surface area contributed by atoms with Crippen molar-refractivity contribution in [1.29, 1.82) is 0 Å². The van der Waals surface area contributed by atoms with E-state index in [0.29, 0.717) is 10.5 Å². The van der Waals surface area contributed by atoms with Crippen LogP contribution in [0.2, 0.25) is 0 Å². The second-order valence-corrected chi connectivity index (χ2v) is 3.34. The summed E-state index contributed by atoms with van der Waals surface area (Å²) < 4.78 is 13.7. The Kier molecular flexibility index (Phi) is 2.36. The van der Waals surface area contributed by atoms with Crippen LogP contribution in [0.5, 0.6) is 0 Å². The van der Waals surface area contributed by atoms with Crippen molar-refractivity contribution >= 4 is 28.6 Å². The summed E-state index contributed by atoms with van der Waals surface area (Å²) in [6, 6.07) is 3.40. The Morgan fingerprint density at radius 3 is 2.60 bits per heavy atom. The molecule has 0 radical (unpaired) electrons. The van der Waals surface area contributed by atoms with Crippen LogP contribution >= 0.6 is 28.6 Å². The molecule has 0 bridgehead atoms. The van der Waals surface area contributed by atoms with Crippen molar-refractivity contribution in [1.82, 2.24) is 0 Å². The number of hydrogen-bond acceptors (Lipinski definition) is 1. The summed E-state index contributed by atoms with van der Waals surface area (Å²) in [5, 5.41) is 0. The van der Waals surface area contributed by atoms with E-state index in [2.05, 4.69) is 28.6 Å². The Hall–Kier alpha value is -0.0200. The van der Waals surface area contributed by atoms with Gasteiger partial charge in [0.25, 0.3) is 0 Å². The molecule has 1 rings (SSSR count). The largest absolute Gasteiger partial charge is 0.205 e.